The largest absolute Gasteiger partial charge is 0.415 e. The maximum Gasteiger partial charge on any atom is 0.415 e. The van der Waals surface area contributed by atoms with Gasteiger partial charge in [-0.05, 0) is 46.5 Å². The third-order valence-electron chi connectivity index (χ3n) is 17.2. The molecule has 0 unspecified atom stereocenters. The first kappa shape index (κ1) is 55.3. The number of hydrogen-bond acceptors (Lipinski definition) is 5. The molecular weight excluding hydrogens is 845 g/mol. The smallest absolute Gasteiger partial charge is 0.347 e. The Bertz CT molecular complexity index is 2660. The van der Waals surface area contributed by atoms with Crippen LogP contribution in [0.2, 0.25) is 5.21 Å². The van der Waals surface area contributed by atoms with Gasteiger partial charge < -0.3 is 14.4 Å². The summed E-state index contributed by atoms with van der Waals surface area (Å²) in [6.07, 6.45) is -4.48. The fraction of sp³-hybridized carbons (Fsp3) is 0.361. The lowest BCUT2D eigenvalue weighted by atomic mass is 9.20. The molecule has 1 aliphatic rings. The number of benzene rings is 3. The molecule has 1 aliphatic carbocycles. The Labute approximate surface area is 419 Å². The molecule has 0 aliphatic heterocycles. The normalized spacial score (nSPS) is 15.6. The molecular formula is C36H58B20F4N4O2S. The molecule has 0 N–H and O–H groups in total. The van der Waals surface area contributed by atoms with Gasteiger partial charge in [-0.1, -0.05) is 103 Å². The van der Waals surface area contributed by atoms with Crippen molar-refractivity contribution in [2.75, 3.05) is 26.2 Å². The van der Waals surface area contributed by atoms with Crippen molar-refractivity contribution in [2.45, 2.75) is 56.0 Å². The van der Waals surface area contributed by atoms with Crippen molar-refractivity contribution in [3.05, 3.63) is 68.4 Å². The van der Waals surface area contributed by atoms with E-state index >= 15 is 4.79 Å². The second-order valence-corrected chi connectivity index (χ2v) is 23.9. The summed E-state index contributed by atoms with van der Waals surface area (Å²) in [5.74, 6) is -0.487. The summed E-state index contributed by atoms with van der Waals surface area (Å²) in [6.45, 7) is 6.84. The third kappa shape index (κ3) is 8.93. The van der Waals surface area contributed by atoms with Gasteiger partial charge in [0.05, 0.1) is 21.0 Å². The molecule has 1 amide bonds. The minimum atomic E-state index is -4.48. The van der Waals surface area contributed by atoms with E-state index in [0.29, 0.717) is 34.7 Å². The van der Waals surface area contributed by atoms with E-state index in [9.17, 15) is 22.4 Å². The van der Waals surface area contributed by atoms with E-state index in [-0.39, 0.29) is 28.2 Å². The van der Waals surface area contributed by atoms with Gasteiger partial charge in [-0.2, -0.15) is 18.2 Å². The summed E-state index contributed by atoms with van der Waals surface area (Å²) in [5, 5.41) is -3.46. The van der Waals surface area contributed by atoms with Crippen LogP contribution >= 0.6 is 11.8 Å². The van der Waals surface area contributed by atoms with Gasteiger partial charge in [-0.25, -0.2) is 4.39 Å². The van der Waals surface area contributed by atoms with Crippen LogP contribution in [-0.4, -0.2) is 208 Å². The first-order valence-corrected chi connectivity index (χ1v) is 24.7. The Morgan fingerprint density at radius 3 is 1.54 bits per heavy atom. The number of amides is 1. The number of nitrogens with zero attached hydrogens (tertiary/aromatic N) is 4. The van der Waals surface area contributed by atoms with Crippen LogP contribution < -0.4 is 49.3 Å². The zero-order valence-corrected chi connectivity index (χ0v) is 45.5. The number of fused-ring (bicyclic) bond motifs is 1. The number of carbonyl (C=O) groups excluding carboxylic acids is 1. The summed E-state index contributed by atoms with van der Waals surface area (Å²) < 4.78 is 59.0. The Morgan fingerprint density at radius 2 is 1.12 bits per heavy atom. The molecule has 0 fully saturated rings. The lowest BCUT2D eigenvalue weighted by Crippen LogP contribution is -2.65. The molecule has 6 nitrogen and oxygen atoms in total. The van der Waals surface area contributed by atoms with Gasteiger partial charge in [0.25, 0.3) is 5.56 Å². The molecule has 0 saturated carbocycles. The average molecular weight is 903 g/mol. The number of thioether (sulfide) groups is 1. The highest BCUT2D eigenvalue weighted by Crippen LogP contribution is 2.58. The highest BCUT2D eigenvalue weighted by molar-refractivity contribution is 8.02. The number of halogens is 4. The molecule has 0 spiro atoms. The SMILES string of the molecule is Bc1c(B)c(C(F)(F)F)c(B)c(B)c1-c1c(B)c(B)c(C(B)(B)N(CCN(CC)CC)C(=O)C(B)(B)n2c(SC(B)(B)c3ccc(F)cc3)nc(=O)c3c2C(B)(B)C(B)(B)C3(B)B)c(B)c1B. The van der Waals surface area contributed by atoms with Crippen molar-refractivity contribution in [3.63, 3.8) is 0 Å². The van der Waals surface area contributed by atoms with Crippen molar-refractivity contribution in [3.8, 4) is 11.1 Å². The lowest BCUT2D eigenvalue weighted by molar-refractivity contribution is -0.137. The second kappa shape index (κ2) is 18.5. The van der Waals surface area contributed by atoms with E-state index in [4.69, 9.17) is 4.98 Å². The average Bonchev–Trinajstić information content (AvgIpc) is 3.31. The molecule has 0 atom stereocenters. The molecule has 1 heterocycles. The molecule has 0 saturated heterocycles. The fourth-order valence-corrected chi connectivity index (χ4v) is 12.7. The number of aromatic nitrogens is 2. The zero-order chi connectivity index (χ0) is 51.3. The number of alkyl halides is 3. The maximum absolute atomic E-state index is 16.4. The Hall–Kier alpha value is -2.66. The summed E-state index contributed by atoms with van der Waals surface area (Å²) in [6, 6.07) is 6.38. The quantitative estimate of drug-likeness (QED) is 0.0579. The third-order valence-corrected chi connectivity index (χ3v) is 18.4. The van der Waals surface area contributed by atoms with Crippen molar-refractivity contribution >= 4 is 218 Å². The van der Waals surface area contributed by atoms with Crippen LogP contribution in [0.4, 0.5) is 17.6 Å². The van der Waals surface area contributed by atoms with Gasteiger partial charge in [-0.15, -0.1) is 0 Å². The highest BCUT2D eigenvalue weighted by Gasteiger charge is 2.60. The van der Waals surface area contributed by atoms with Gasteiger partial charge in [-0.3, -0.25) is 9.59 Å². The van der Waals surface area contributed by atoms with Crippen LogP contribution in [-0.2, 0) is 36.6 Å². The van der Waals surface area contributed by atoms with Crippen molar-refractivity contribution < 1.29 is 22.4 Å². The Kier molecular flexibility index (Phi) is 15.3. The zero-order valence-electron chi connectivity index (χ0n) is 44.7. The maximum atomic E-state index is 16.4. The molecule has 3 aromatic carbocycles. The minimum Gasteiger partial charge on any atom is -0.347 e. The molecule has 328 valence electrons. The summed E-state index contributed by atoms with van der Waals surface area (Å²) >= 11 is 1.40. The fourth-order valence-electron chi connectivity index (χ4n) is 11.5. The van der Waals surface area contributed by atoms with E-state index in [1.807, 2.05) is 36.3 Å². The highest BCUT2D eigenvalue weighted by atomic mass is 32.2. The molecule has 4 aromatic rings. The van der Waals surface area contributed by atoms with Crippen LogP contribution in [0.15, 0.2) is 34.2 Å². The van der Waals surface area contributed by atoms with Crippen LogP contribution in [0.25, 0.3) is 11.1 Å². The lowest BCUT2D eigenvalue weighted by Gasteiger charge is -2.49. The Morgan fingerprint density at radius 1 is 0.687 bits per heavy atom. The van der Waals surface area contributed by atoms with Crippen molar-refractivity contribution in [2.24, 2.45) is 0 Å². The van der Waals surface area contributed by atoms with Crippen molar-refractivity contribution in [1.82, 2.24) is 19.4 Å². The molecule has 1 aromatic heterocycles. The first-order valence-electron chi connectivity index (χ1n) is 23.9. The van der Waals surface area contributed by atoms with Gasteiger partial charge in [0.2, 0.25) is 5.91 Å². The molecule has 0 radical (unpaired) electrons. The van der Waals surface area contributed by atoms with E-state index in [0.717, 1.165) is 62.9 Å². The van der Waals surface area contributed by atoms with Crippen LogP contribution in [0.1, 0.15) is 41.8 Å². The molecule has 0 bridgehead atoms. The van der Waals surface area contributed by atoms with Gasteiger partial charge >= 0.3 is 6.18 Å². The number of hydrogen-bond donors (Lipinski definition) is 0. The molecule has 5 rings (SSSR count). The predicted molar refractivity (Wildman–Crippen MR) is 332 cm³/mol. The summed E-state index contributed by atoms with van der Waals surface area (Å²) in [5.41, 5.74) is 9.66. The first-order chi connectivity index (χ1) is 30.4. The monoisotopic (exact) mass is 907 g/mol. The predicted octanol–water partition coefficient (Wildman–Crippen LogP) is -19.3. The number of rotatable bonds is 13. The topological polar surface area (TPSA) is 58.4 Å². The van der Waals surface area contributed by atoms with E-state index < -0.39 is 42.6 Å². The number of likely N-dealkylation sites (N-methyl/N-ethyl adjacent to an activating group) is 1. The number of carbonyl (C=O) groups is 1. The van der Waals surface area contributed by atoms with Gasteiger partial charge in [0.1, 0.15) is 147 Å². The van der Waals surface area contributed by atoms with E-state index in [1.165, 1.54) is 23.9 Å². The Balaban J connectivity index is 1.84. The molecule has 31 heteroatoms. The van der Waals surface area contributed by atoms with Gasteiger partial charge in [0.15, 0.2) is 5.16 Å². The second-order valence-electron chi connectivity index (χ2n) is 22.4. The minimum absolute atomic E-state index is 0.143. The van der Waals surface area contributed by atoms with Crippen molar-refractivity contribution in [1.29, 1.82) is 0 Å². The van der Waals surface area contributed by atoms with Gasteiger partial charge in [0, 0.05) is 35.2 Å². The summed E-state index contributed by atoms with van der Waals surface area (Å²) in [7, 11) is 40.1. The van der Waals surface area contributed by atoms with Crippen LogP contribution in [0.5, 0.6) is 0 Å². The molecule has 67 heavy (non-hydrogen) atoms. The van der Waals surface area contributed by atoms with E-state index in [2.05, 4.69) is 117 Å². The van der Waals surface area contributed by atoms with Crippen LogP contribution in [0.3, 0.4) is 0 Å². The van der Waals surface area contributed by atoms with Crippen LogP contribution in [0, 0.1) is 5.82 Å². The standard InChI is InChI=1S/C36H58B20F4N4O2S/c1-3-62(4-2)9-10-63(32(49,50)15-22(41)18(37)13(19(38)23(15)42)14-20(39)24(43)16(35(58,59)60)25(44)21(14)40)28(66)33(51,52)64-26-17(30(45,46)36(55,56)31(26,47)48)27(65)61-29(64)67-34(53,54)11-5-7-12(57)8-6-11/h5-8H,3-4,9-10,37-56H2,1-2H3. The van der Waals surface area contributed by atoms with E-state index in [1.54, 1.807) is 43.5 Å². The summed E-state index contributed by atoms with van der Waals surface area (Å²) in [4.78, 5) is 40.3.